The molecular formula is C13H19Cl2N. The molecule has 0 spiro atoms. The van der Waals surface area contributed by atoms with Gasteiger partial charge in [0.05, 0.1) is 0 Å². The highest BCUT2D eigenvalue weighted by molar-refractivity contribution is 6.35. The molecule has 1 atom stereocenters. The van der Waals surface area contributed by atoms with Crippen molar-refractivity contribution in [3.63, 3.8) is 0 Å². The van der Waals surface area contributed by atoms with Crippen LogP contribution in [0, 0.1) is 5.92 Å². The zero-order chi connectivity index (χ0) is 12.0. The highest BCUT2D eigenvalue weighted by atomic mass is 35.5. The average molecular weight is 260 g/mol. The Morgan fingerprint density at radius 3 is 2.69 bits per heavy atom. The summed E-state index contributed by atoms with van der Waals surface area (Å²) in [6.45, 7) is 6.49. The number of hydrogen-bond acceptors (Lipinski definition) is 1. The van der Waals surface area contributed by atoms with E-state index >= 15 is 0 Å². The Kier molecular flexibility index (Phi) is 6.18. The quantitative estimate of drug-likeness (QED) is 0.809. The molecule has 0 fully saturated rings. The van der Waals surface area contributed by atoms with E-state index in [0.717, 1.165) is 31.0 Å². The molecule has 1 aromatic rings. The first-order chi connectivity index (χ1) is 7.63. The monoisotopic (exact) mass is 259 g/mol. The van der Waals surface area contributed by atoms with Gasteiger partial charge < -0.3 is 5.32 Å². The molecule has 0 aliphatic heterocycles. The highest BCUT2D eigenvalue weighted by Gasteiger charge is 2.05. The molecule has 0 heterocycles. The molecule has 1 nitrogen and oxygen atoms in total. The van der Waals surface area contributed by atoms with Gasteiger partial charge in [0.2, 0.25) is 0 Å². The summed E-state index contributed by atoms with van der Waals surface area (Å²) in [5.74, 6) is 0.673. The maximum atomic E-state index is 6.12. The molecule has 16 heavy (non-hydrogen) atoms. The molecule has 3 heteroatoms. The van der Waals surface area contributed by atoms with Gasteiger partial charge in [-0.05, 0) is 49.5 Å². The van der Waals surface area contributed by atoms with E-state index in [9.17, 15) is 0 Å². The molecule has 1 rings (SSSR count). The van der Waals surface area contributed by atoms with Crippen LogP contribution in [-0.4, -0.2) is 13.1 Å². The average Bonchev–Trinajstić information content (AvgIpc) is 2.25. The van der Waals surface area contributed by atoms with E-state index in [2.05, 4.69) is 19.2 Å². The van der Waals surface area contributed by atoms with Crippen LogP contribution < -0.4 is 5.32 Å². The smallest absolute Gasteiger partial charge is 0.0452 e. The van der Waals surface area contributed by atoms with Crippen molar-refractivity contribution >= 4 is 23.2 Å². The fourth-order valence-corrected chi connectivity index (χ4v) is 2.12. The first-order valence-electron chi connectivity index (χ1n) is 5.78. The third kappa shape index (κ3) is 4.73. The highest BCUT2D eigenvalue weighted by Crippen LogP contribution is 2.23. The maximum absolute atomic E-state index is 6.12. The summed E-state index contributed by atoms with van der Waals surface area (Å²) in [6, 6.07) is 5.73. The summed E-state index contributed by atoms with van der Waals surface area (Å²) in [6.07, 6.45) is 2.16. The van der Waals surface area contributed by atoms with Crippen LogP contribution in [-0.2, 0) is 6.42 Å². The normalized spacial score (nSPS) is 12.8. The van der Waals surface area contributed by atoms with Crippen molar-refractivity contribution < 1.29 is 0 Å². The van der Waals surface area contributed by atoms with Gasteiger partial charge in [-0.15, -0.1) is 0 Å². The molecule has 0 saturated heterocycles. The lowest BCUT2D eigenvalue weighted by Gasteiger charge is -2.12. The van der Waals surface area contributed by atoms with E-state index in [0.29, 0.717) is 10.9 Å². The van der Waals surface area contributed by atoms with Crippen molar-refractivity contribution in [3.8, 4) is 0 Å². The number of aryl methyl sites for hydroxylation is 1. The largest absolute Gasteiger partial charge is 0.317 e. The molecular weight excluding hydrogens is 241 g/mol. The Bertz CT molecular complexity index is 326. The molecule has 1 N–H and O–H groups in total. The van der Waals surface area contributed by atoms with E-state index in [1.807, 2.05) is 18.2 Å². The van der Waals surface area contributed by atoms with Crippen molar-refractivity contribution in [2.24, 2.45) is 5.92 Å². The third-order valence-electron chi connectivity index (χ3n) is 2.66. The van der Waals surface area contributed by atoms with Gasteiger partial charge in [-0.1, -0.05) is 43.1 Å². The Morgan fingerprint density at radius 2 is 2.06 bits per heavy atom. The molecule has 1 aromatic carbocycles. The van der Waals surface area contributed by atoms with Crippen LogP contribution in [0.3, 0.4) is 0 Å². The van der Waals surface area contributed by atoms with Crippen LogP contribution in [0.1, 0.15) is 25.8 Å². The molecule has 0 aliphatic rings. The SMILES string of the molecule is CCNCC(C)CCc1ccc(Cl)cc1Cl. The van der Waals surface area contributed by atoms with Crippen molar-refractivity contribution in [3.05, 3.63) is 33.8 Å². The Morgan fingerprint density at radius 1 is 1.31 bits per heavy atom. The number of halogens is 2. The lowest BCUT2D eigenvalue weighted by molar-refractivity contribution is 0.489. The van der Waals surface area contributed by atoms with Gasteiger partial charge in [-0.2, -0.15) is 0 Å². The first-order valence-corrected chi connectivity index (χ1v) is 6.53. The van der Waals surface area contributed by atoms with Crippen molar-refractivity contribution in [2.45, 2.75) is 26.7 Å². The molecule has 0 aliphatic carbocycles. The molecule has 0 aromatic heterocycles. The van der Waals surface area contributed by atoms with Crippen molar-refractivity contribution in [2.75, 3.05) is 13.1 Å². The zero-order valence-electron chi connectivity index (χ0n) is 9.89. The number of rotatable bonds is 6. The lowest BCUT2D eigenvalue weighted by Crippen LogP contribution is -2.20. The number of hydrogen-bond donors (Lipinski definition) is 1. The second kappa shape index (κ2) is 7.16. The van der Waals surface area contributed by atoms with Crippen LogP contribution in [0.2, 0.25) is 10.0 Å². The topological polar surface area (TPSA) is 12.0 Å². The predicted octanol–water partition coefficient (Wildman–Crippen LogP) is 4.17. The molecule has 0 saturated carbocycles. The molecule has 0 amide bonds. The standard InChI is InChI=1S/C13H19Cl2N/c1-3-16-9-10(2)4-5-11-6-7-12(14)8-13(11)15/h6-8,10,16H,3-5,9H2,1-2H3. The van der Waals surface area contributed by atoms with Gasteiger partial charge in [-0.25, -0.2) is 0 Å². The number of benzene rings is 1. The van der Waals surface area contributed by atoms with E-state index in [-0.39, 0.29) is 0 Å². The predicted molar refractivity (Wildman–Crippen MR) is 72.5 cm³/mol. The van der Waals surface area contributed by atoms with Crippen molar-refractivity contribution in [1.82, 2.24) is 5.32 Å². The minimum Gasteiger partial charge on any atom is -0.317 e. The summed E-state index contributed by atoms with van der Waals surface area (Å²) in [5, 5.41) is 4.84. The van der Waals surface area contributed by atoms with Crippen LogP contribution in [0.15, 0.2) is 18.2 Å². The van der Waals surface area contributed by atoms with Gasteiger partial charge in [0, 0.05) is 10.0 Å². The molecule has 0 radical (unpaired) electrons. The minimum atomic E-state index is 0.673. The molecule has 0 bridgehead atoms. The van der Waals surface area contributed by atoms with Gasteiger partial charge >= 0.3 is 0 Å². The molecule has 90 valence electrons. The van der Waals surface area contributed by atoms with Crippen LogP contribution in [0.25, 0.3) is 0 Å². The summed E-state index contributed by atoms with van der Waals surface area (Å²) < 4.78 is 0. The maximum Gasteiger partial charge on any atom is 0.0452 e. The minimum absolute atomic E-state index is 0.673. The van der Waals surface area contributed by atoms with E-state index in [1.54, 1.807) is 0 Å². The van der Waals surface area contributed by atoms with Crippen LogP contribution >= 0.6 is 23.2 Å². The summed E-state index contributed by atoms with van der Waals surface area (Å²) in [4.78, 5) is 0. The Balaban J connectivity index is 2.42. The summed E-state index contributed by atoms with van der Waals surface area (Å²) in [7, 11) is 0. The zero-order valence-corrected chi connectivity index (χ0v) is 11.4. The molecule has 1 unspecified atom stereocenters. The van der Waals surface area contributed by atoms with Gasteiger partial charge in [0.1, 0.15) is 0 Å². The number of nitrogens with one attached hydrogen (secondary N) is 1. The first kappa shape index (κ1) is 13.8. The van der Waals surface area contributed by atoms with Crippen molar-refractivity contribution in [1.29, 1.82) is 0 Å². The van der Waals surface area contributed by atoms with Gasteiger partial charge in [-0.3, -0.25) is 0 Å². The van der Waals surface area contributed by atoms with Crippen LogP contribution in [0.5, 0.6) is 0 Å². The van der Waals surface area contributed by atoms with E-state index < -0.39 is 0 Å². The Labute approximate surface area is 108 Å². The second-order valence-electron chi connectivity index (χ2n) is 4.19. The third-order valence-corrected chi connectivity index (χ3v) is 3.25. The summed E-state index contributed by atoms with van der Waals surface area (Å²) >= 11 is 12.0. The summed E-state index contributed by atoms with van der Waals surface area (Å²) in [5.41, 5.74) is 1.19. The van der Waals surface area contributed by atoms with Gasteiger partial charge in [0.25, 0.3) is 0 Å². The van der Waals surface area contributed by atoms with Crippen LogP contribution in [0.4, 0.5) is 0 Å². The Hall–Kier alpha value is -0.240. The lowest BCUT2D eigenvalue weighted by atomic mass is 10.0. The fourth-order valence-electron chi connectivity index (χ4n) is 1.62. The fraction of sp³-hybridized carbons (Fsp3) is 0.538. The van der Waals surface area contributed by atoms with E-state index in [1.165, 1.54) is 5.56 Å². The van der Waals surface area contributed by atoms with Gasteiger partial charge in [0.15, 0.2) is 0 Å². The second-order valence-corrected chi connectivity index (χ2v) is 5.03. The van der Waals surface area contributed by atoms with E-state index in [4.69, 9.17) is 23.2 Å².